The van der Waals surface area contributed by atoms with Crippen LogP contribution in [0.25, 0.3) is 0 Å². The maximum absolute atomic E-state index is 13.2. The predicted octanol–water partition coefficient (Wildman–Crippen LogP) is 1.29. The summed E-state index contributed by atoms with van der Waals surface area (Å²) >= 11 is 0. The highest BCUT2D eigenvalue weighted by Gasteiger charge is 2.28. The van der Waals surface area contributed by atoms with Crippen LogP contribution in [0.1, 0.15) is 17.2 Å². The molecule has 1 aliphatic rings. The minimum atomic E-state index is -0.189. The molecule has 88 valence electrons. The van der Waals surface area contributed by atoms with Gasteiger partial charge < -0.3 is 10.5 Å². The van der Waals surface area contributed by atoms with Crippen LogP contribution in [0.5, 0.6) is 0 Å². The van der Waals surface area contributed by atoms with Crippen molar-refractivity contribution in [2.45, 2.75) is 12.6 Å². The van der Waals surface area contributed by atoms with Gasteiger partial charge in [0.05, 0.1) is 6.61 Å². The minimum absolute atomic E-state index is 0.126. The Morgan fingerprint density at radius 1 is 1.56 bits per heavy atom. The van der Waals surface area contributed by atoms with Crippen LogP contribution < -0.4 is 5.73 Å². The number of rotatable bonds is 4. The van der Waals surface area contributed by atoms with Crippen LogP contribution in [0, 0.1) is 5.82 Å². The molecule has 1 unspecified atom stereocenters. The first kappa shape index (κ1) is 11.5. The van der Waals surface area contributed by atoms with Gasteiger partial charge in [0.25, 0.3) is 0 Å². The van der Waals surface area contributed by atoms with Crippen LogP contribution in [0.2, 0.25) is 0 Å². The molecular weight excluding hydrogens is 207 g/mol. The van der Waals surface area contributed by atoms with E-state index < -0.39 is 0 Å². The van der Waals surface area contributed by atoms with Crippen molar-refractivity contribution in [2.24, 2.45) is 5.73 Å². The van der Waals surface area contributed by atoms with Crippen LogP contribution in [0.4, 0.5) is 4.39 Å². The van der Waals surface area contributed by atoms with Crippen LogP contribution in [0.15, 0.2) is 18.2 Å². The smallest absolute Gasteiger partial charge is 0.123 e. The van der Waals surface area contributed by atoms with Crippen molar-refractivity contribution < 1.29 is 9.13 Å². The topological polar surface area (TPSA) is 38.5 Å². The number of hydrogen-bond donors (Lipinski definition) is 1. The first-order chi connectivity index (χ1) is 7.76. The summed E-state index contributed by atoms with van der Waals surface area (Å²) in [6, 6.07) is 5.08. The molecule has 1 heterocycles. The van der Waals surface area contributed by atoms with Crippen molar-refractivity contribution >= 4 is 0 Å². The Balaban J connectivity index is 2.19. The predicted molar refractivity (Wildman–Crippen MR) is 60.5 cm³/mol. The van der Waals surface area contributed by atoms with E-state index in [4.69, 9.17) is 10.5 Å². The number of nitrogens with two attached hydrogens (primary N) is 1. The van der Waals surface area contributed by atoms with Crippen molar-refractivity contribution in [1.82, 2.24) is 4.90 Å². The van der Waals surface area contributed by atoms with Gasteiger partial charge in [-0.1, -0.05) is 6.07 Å². The highest BCUT2D eigenvalue weighted by atomic mass is 19.1. The molecule has 0 radical (unpaired) electrons. The summed E-state index contributed by atoms with van der Waals surface area (Å²) in [5.74, 6) is -0.189. The quantitative estimate of drug-likeness (QED) is 0.837. The Morgan fingerprint density at radius 3 is 3.06 bits per heavy atom. The van der Waals surface area contributed by atoms with Gasteiger partial charge in [-0.3, -0.25) is 4.90 Å². The molecule has 1 aromatic carbocycles. The number of halogens is 1. The van der Waals surface area contributed by atoms with Gasteiger partial charge in [-0.2, -0.15) is 0 Å². The number of nitrogens with zero attached hydrogens (tertiary/aromatic N) is 1. The number of benzene rings is 1. The van der Waals surface area contributed by atoms with Crippen LogP contribution in [0.3, 0.4) is 0 Å². The van der Waals surface area contributed by atoms with Gasteiger partial charge in [0.15, 0.2) is 0 Å². The Morgan fingerprint density at radius 2 is 2.38 bits per heavy atom. The lowest BCUT2D eigenvalue weighted by Gasteiger charge is -2.23. The van der Waals surface area contributed by atoms with Gasteiger partial charge in [0.1, 0.15) is 5.82 Å². The van der Waals surface area contributed by atoms with Gasteiger partial charge in [-0.15, -0.1) is 0 Å². The third-order valence-corrected chi connectivity index (χ3v) is 3.09. The molecule has 1 aliphatic heterocycles. The van der Waals surface area contributed by atoms with Crippen LogP contribution in [-0.2, 0) is 11.3 Å². The minimum Gasteiger partial charge on any atom is -0.383 e. The maximum atomic E-state index is 13.2. The van der Waals surface area contributed by atoms with Crippen molar-refractivity contribution in [3.05, 3.63) is 35.1 Å². The highest BCUT2D eigenvalue weighted by molar-refractivity contribution is 5.34. The molecule has 4 heteroatoms. The summed E-state index contributed by atoms with van der Waals surface area (Å²) < 4.78 is 18.2. The second-order valence-electron chi connectivity index (χ2n) is 4.06. The van der Waals surface area contributed by atoms with E-state index in [2.05, 4.69) is 4.90 Å². The average molecular weight is 224 g/mol. The fourth-order valence-electron chi connectivity index (χ4n) is 2.27. The van der Waals surface area contributed by atoms with Crippen molar-refractivity contribution in [1.29, 1.82) is 0 Å². The molecule has 0 amide bonds. The second-order valence-corrected chi connectivity index (χ2v) is 4.06. The van der Waals surface area contributed by atoms with Gasteiger partial charge in [-0.25, -0.2) is 4.39 Å². The molecule has 1 atom stereocenters. The number of hydrogen-bond acceptors (Lipinski definition) is 3. The second kappa shape index (κ2) is 4.91. The Labute approximate surface area is 95.0 Å². The van der Waals surface area contributed by atoms with Gasteiger partial charge in [0.2, 0.25) is 0 Å². The van der Waals surface area contributed by atoms with E-state index in [1.807, 2.05) is 6.07 Å². The van der Waals surface area contributed by atoms with Crippen LogP contribution in [-0.4, -0.2) is 31.7 Å². The van der Waals surface area contributed by atoms with E-state index >= 15 is 0 Å². The van der Waals surface area contributed by atoms with E-state index in [1.54, 1.807) is 13.2 Å². The summed E-state index contributed by atoms with van der Waals surface area (Å²) in [6.07, 6.45) is 0. The van der Waals surface area contributed by atoms with E-state index in [1.165, 1.54) is 11.6 Å². The largest absolute Gasteiger partial charge is 0.383 e. The van der Waals surface area contributed by atoms with Crippen molar-refractivity contribution in [3.63, 3.8) is 0 Å². The molecule has 0 bridgehead atoms. The summed E-state index contributed by atoms with van der Waals surface area (Å²) in [5, 5.41) is 0. The molecule has 1 aromatic rings. The summed E-state index contributed by atoms with van der Waals surface area (Å²) in [5.41, 5.74) is 7.96. The number of fused-ring (bicyclic) bond motifs is 1. The van der Waals surface area contributed by atoms with Crippen LogP contribution >= 0.6 is 0 Å². The lowest BCUT2D eigenvalue weighted by Crippen LogP contribution is -2.30. The molecule has 0 spiro atoms. The normalized spacial score (nSPS) is 20.1. The molecular formula is C12H17FN2O. The molecule has 3 nitrogen and oxygen atoms in total. The molecule has 2 rings (SSSR count). The zero-order chi connectivity index (χ0) is 11.5. The molecule has 0 saturated carbocycles. The third-order valence-electron chi connectivity index (χ3n) is 3.09. The highest BCUT2D eigenvalue weighted by Crippen LogP contribution is 2.32. The first-order valence-electron chi connectivity index (χ1n) is 5.47. The Bertz CT molecular complexity index is 370. The van der Waals surface area contributed by atoms with Crippen molar-refractivity contribution in [3.8, 4) is 0 Å². The molecule has 0 fully saturated rings. The van der Waals surface area contributed by atoms with E-state index in [0.717, 1.165) is 18.7 Å². The van der Waals surface area contributed by atoms with Gasteiger partial charge in [-0.05, 0) is 23.3 Å². The zero-order valence-electron chi connectivity index (χ0n) is 9.45. The standard InChI is InChI=1S/C12H17FN2O/c1-16-5-4-15-8-9-2-3-10(13)6-11(9)12(15)7-14/h2-3,6,12H,4-5,7-8,14H2,1H3. The monoisotopic (exact) mass is 224 g/mol. The molecule has 0 saturated heterocycles. The van der Waals surface area contributed by atoms with E-state index in [0.29, 0.717) is 13.2 Å². The Hall–Kier alpha value is -0.970. The average Bonchev–Trinajstić information content (AvgIpc) is 2.63. The van der Waals surface area contributed by atoms with Crippen molar-refractivity contribution in [2.75, 3.05) is 26.8 Å². The third kappa shape index (κ3) is 2.09. The molecule has 0 aliphatic carbocycles. The number of methoxy groups -OCH3 is 1. The fraction of sp³-hybridized carbons (Fsp3) is 0.500. The fourth-order valence-corrected chi connectivity index (χ4v) is 2.27. The van der Waals surface area contributed by atoms with E-state index in [-0.39, 0.29) is 11.9 Å². The zero-order valence-corrected chi connectivity index (χ0v) is 9.45. The molecule has 16 heavy (non-hydrogen) atoms. The van der Waals surface area contributed by atoms with E-state index in [9.17, 15) is 4.39 Å². The maximum Gasteiger partial charge on any atom is 0.123 e. The summed E-state index contributed by atoms with van der Waals surface area (Å²) in [4.78, 5) is 2.23. The molecule has 2 N–H and O–H groups in total. The van der Waals surface area contributed by atoms with Gasteiger partial charge >= 0.3 is 0 Å². The lowest BCUT2D eigenvalue weighted by atomic mass is 10.0. The van der Waals surface area contributed by atoms with Gasteiger partial charge in [0, 0.05) is 32.8 Å². The summed E-state index contributed by atoms with van der Waals surface area (Å²) in [7, 11) is 1.68. The Kier molecular flexibility index (Phi) is 3.53. The SMILES string of the molecule is COCCN1Cc2ccc(F)cc2C1CN. The lowest BCUT2D eigenvalue weighted by molar-refractivity contribution is 0.128. The first-order valence-corrected chi connectivity index (χ1v) is 5.47. The summed E-state index contributed by atoms with van der Waals surface area (Å²) in [6.45, 7) is 2.85. The number of ether oxygens (including phenoxy) is 1. The molecule has 0 aromatic heterocycles.